The van der Waals surface area contributed by atoms with E-state index >= 15 is 0 Å². The fourth-order valence-electron chi connectivity index (χ4n) is 2.19. The van der Waals surface area contributed by atoms with Gasteiger partial charge in [-0.2, -0.15) is 0 Å². The van der Waals surface area contributed by atoms with Gasteiger partial charge in [-0.05, 0) is 12.8 Å². The van der Waals surface area contributed by atoms with Gasteiger partial charge in [0.15, 0.2) is 0 Å². The molecule has 15 heavy (non-hydrogen) atoms. The molecule has 4 heteroatoms. The second-order valence-corrected chi connectivity index (χ2v) is 3.89. The van der Waals surface area contributed by atoms with E-state index in [9.17, 15) is 0 Å². The van der Waals surface area contributed by atoms with Crippen LogP contribution in [-0.4, -0.2) is 28.7 Å². The summed E-state index contributed by atoms with van der Waals surface area (Å²) in [5.41, 5.74) is 5.76. The number of rotatable bonds is 4. The average molecular weight is 206 g/mol. The second kappa shape index (κ2) is 4.49. The molecule has 2 rings (SSSR count). The summed E-state index contributed by atoms with van der Waals surface area (Å²) < 4.78 is 2.11. The fraction of sp³-hybridized carbons (Fsp3) is 0.545. The maximum absolute atomic E-state index is 5.76. The van der Waals surface area contributed by atoms with Crippen molar-refractivity contribution in [1.29, 1.82) is 0 Å². The molecule has 0 aromatic carbocycles. The number of hydrogen-bond acceptors (Lipinski definition) is 3. The lowest BCUT2D eigenvalue weighted by Gasteiger charge is -2.24. The molecular formula is C11H18N4. The van der Waals surface area contributed by atoms with Gasteiger partial charge in [-0.15, -0.1) is 6.58 Å². The molecule has 2 N–H and O–H groups in total. The molecule has 0 aliphatic carbocycles. The van der Waals surface area contributed by atoms with E-state index in [1.807, 2.05) is 18.5 Å². The Bertz CT molecular complexity index is 331. The highest BCUT2D eigenvalue weighted by Gasteiger charge is 2.25. The molecule has 0 radical (unpaired) electrons. The standard InChI is InChI=1S/C11H18N4/c1-2-6-14-8-5-13-11(14)15-7-3-4-10(15)9-12/h2,5,8,10H,1,3-4,6-7,9,12H2. The predicted octanol–water partition coefficient (Wildman–Crippen LogP) is 0.997. The van der Waals surface area contributed by atoms with E-state index in [0.29, 0.717) is 12.6 Å². The van der Waals surface area contributed by atoms with Crippen LogP contribution < -0.4 is 10.6 Å². The van der Waals surface area contributed by atoms with Crippen LogP contribution in [-0.2, 0) is 6.54 Å². The van der Waals surface area contributed by atoms with Gasteiger partial charge in [0.05, 0.1) is 0 Å². The summed E-state index contributed by atoms with van der Waals surface area (Å²) in [6, 6.07) is 0.455. The van der Waals surface area contributed by atoms with E-state index in [2.05, 4.69) is 21.0 Å². The Hall–Kier alpha value is -1.29. The van der Waals surface area contributed by atoms with Crippen LogP contribution in [0.1, 0.15) is 12.8 Å². The molecule has 0 bridgehead atoms. The minimum atomic E-state index is 0.455. The van der Waals surface area contributed by atoms with Gasteiger partial charge in [-0.3, -0.25) is 0 Å². The molecule has 82 valence electrons. The highest BCUT2D eigenvalue weighted by molar-refractivity contribution is 5.35. The number of imidazole rings is 1. The third kappa shape index (κ3) is 1.90. The molecule has 4 nitrogen and oxygen atoms in total. The normalized spacial score (nSPS) is 20.9. The number of anilines is 1. The average Bonchev–Trinajstić information content (AvgIpc) is 2.84. The van der Waals surface area contributed by atoms with Crippen molar-refractivity contribution in [3.05, 3.63) is 25.0 Å². The van der Waals surface area contributed by atoms with Crippen molar-refractivity contribution < 1.29 is 0 Å². The van der Waals surface area contributed by atoms with E-state index < -0.39 is 0 Å². The molecule has 1 aromatic rings. The third-order valence-corrected chi connectivity index (χ3v) is 2.93. The molecule has 1 unspecified atom stereocenters. The smallest absolute Gasteiger partial charge is 0.206 e. The zero-order valence-electron chi connectivity index (χ0n) is 8.97. The van der Waals surface area contributed by atoms with Crippen molar-refractivity contribution in [3.8, 4) is 0 Å². The van der Waals surface area contributed by atoms with E-state index in [0.717, 1.165) is 19.0 Å². The first kappa shape index (κ1) is 10.2. The Labute approximate surface area is 90.4 Å². The summed E-state index contributed by atoms with van der Waals surface area (Å²) in [5.74, 6) is 1.03. The Kier molecular flexibility index (Phi) is 3.06. The first-order valence-electron chi connectivity index (χ1n) is 5.45. The molecular weight excluding hydrogens is 188 g/mol. The topological polar surface area (TPSA) is 47.1 Å². The van der Waals surface area contributed by atoms with Gasteiger partial charge in [0, 0.05) is 38.1 Å². The van der Waals surface area contributed by atoms with Crippen LogP contribution >= 0.6 is 0 Å². The number of aromatic nitrogens is 2. The van der Waals surface area contributed by atoms with Crippen LogP contribution in [0, 0.1) is 0 Å². The van der Waals surface area contributed by atoms with Crippen molar-refractivity contribution in [3.63, 3.8) is 0 Å². The van der Waals surface area contributed by atoms with Crippen molar-refractivity contribution in [2.24, 2.45) is 5.73 Å². The molecule has 1 aliphatic rings. The summed E-state index contributed by atoms with van der Waals surface area (Å²) >= 11 is 0. The minimum Gasteiger partial charge on any atom is -0.338 e. The van der Waals surface area contributed by atoms with Gasteiger partial charge in [-0.1, -0.05) is 6.08 Å². The molecule has 2 heterocycles. The lowest BCUT2D eigenvalue weighted by molar-refractivity contribution is 0.647. The molecule has 0 amide bonds. The predicted molar refractivity (Wildman–Crippen MR) is 61.8 cm³/mol. The van der Waals surface area contributed by atoms with Crippen molar-refractivity contribution in [2.75, 3.05) is 18.0 Å². The van der Waals surface area contributed by atoms with Crippen LogP contribution in [0.15, 0.2) is 25.0 Å². The number of hydrogen-bond donors (Lipinski definition) is 1. The Morgan fingerprint density at radius 3 is 3.27 bits per heavy atom. The van der Waals surface area contributed by atoms with Gasteiger partial charge in [0.1, 0.15) is 0 Å². The van der Waals surface area contributed by atoms with Crippen molar-refractivity contribution >= 4 is 5.95 Å². The van der Waals surface area contributed by atoms with Crippen molar-refractivity contribution in [1.82, 2.24) is 9.55 Å². The zero-order chi connectivity index (χ0) is 10.7. The van der Waals surface area contributed by atoms with Gasteiger partial charge >= 0.3 is 0 Å². The second-order valence-electron chi connectivity index (χ2n) is 3.89. The number of allylic oxidation sites excluding steroid dienone is 1. The SMILES string of the molecule is C=CCn1ccnc1N1CCCC1CN. The molecule has 1 fully saturated rings. The maximum atomic E-state index is 5.76. The number of nitrogens with zero attached hydrogens (tertiary/aromatic N) is 3. The fourth-order valence-corrected chi connectivity index (χ4v) is 2.19. The van der Waals surface area contributed by atoms with E-state index in [1.54, 1.807) is 0 Å². The monoisotopic (exact) mass is 206 g/mol. The van der Waals surface area contributed by atoms with Gasteiger partial charge in [-0.25, -0.2) is 4.98 Å². The summed E-state index contributed by atoms with van der Waals surface area (Å²) in [7, 11) is 0. The van der Waals surface area contributed by atoms with Crippen LogP contribution in [0.25, 0.3) is 0 Å². The first-order chi connectivity index (χ1) is 7.36. The highest BCUT2D eigenvalue weighted by Crippen LogP contribution is 2.23. The highest BCUT2D eigenvalue weighted by atomic mass is 15.3. The van der Waals surface area contributed by atoms with Crippen molar-refractivity contribution in [2.45, 2.75) is 25.4 Å². The Morgan fingerprint density at radius 1 is 1.67 bits per heavy atom. The molecule has 1 atom stereocenters. The Balaban J connectivity index is 2.20. The summed E-state index contributed by atoms with van der Waals surface area (Å²) in [6.07, 6.45) is 8.10. The van der Waals surface area contributed by atoms with Gasteiger partial charge in [0.2, 0.25) is 5.95 Å². The van der Waals surface area contributed by atoms with Crippen LogP contribution in [0.5, 0.6) is 0 Å². The van der Waals surface area contributed by atoms with E-state index in [4.69, 9.17) is 5.73 Å². The maximum Gasteiger partial charge on any atom is 0.206 e. The molecule has 1 aromatic heterocycles. The minimum absolute atomic E-state index is 0.455. The molecule has 0 spiro atoms. The zero-order valence-corrected chi connectivity index (χ0v) is 8.97. The third-order valence-electron chi connectivity index (χ3n) is 2.93. The Morgan fingerprint density at radius 2 is 2.53 bits per heavy atom. The van der Waals surface area contributed by atoms with E-state index in [1.165, 1.54) is 12.8 Å². The van der Waals surface area contributed by atoms with Crippen LogP contribution in [0.2, 0.25) is 0 Å². The first-order valence-corrected chi connectivity index (χ1v) is 5.45. The van der Waals surface area contributed by atoms with Crippen LogP contribution in [0.4, 0.5) is 5.95 Å². The quantitative estimate of drug-likeness (QED) is 0.747. The summed E-state index contributed by atoms with van der Waals surface area (Å²) in [5, 5.41) is 0. The summed E-state index contributed by atoms with van der Waals surface area (Å²) in [6.45, 7) is 6.33. The van der Waals surface area contributed by atoms with Crippen LogP contribution in [0.3, 0.4) is 0 Å². The van der Waals surface area contributed by atoms with Gasteiger partial charge in [0.25, 0.3) is 0 Å². The number of nitrogens with two attached hydrogens (primary N) is 1. The lowest BCUT2D eigenvalue weighted by atomic mass is 10.2. The largest absolute Gasteiger partial charge is 0.338 e. The summed E-state index contributed by atoms with van der Waals surface area (Å²) in [4.78, 5) is 6.71. The molecule has 0 saturated carbocycles. The lowest BCUT2D eigenvalue weighted by Crippen LogP contribution is -2.37. The molecule has 1 aliphatic heterocycles. The van der Waals surface area contributed by atoms with E-state index in [-0.39, 0.29) is 0 Å². The molecule has 1 saturated heterocycles. The van der Waals surface area contributed by atoms with Gasteiger partial charge < -0.3 is 15.2 Å².